The number of pyridine rings is 1. The molecule has 0 fully saturated rings. The summed E-state index contributed by atoms with van der Waals surface area (Å²) in [6.07, 6.45) is 2.96. The molecule has 0 amide bonds. The van der Waals surface area contributed by atoms with Crippen molar-refractivity contribution in [3.63, 3.8) is 0 Å². The number of nitrogens with zero attached hydrogens (tertiary/aromatic N) is 1. The van der Waals surface area contributed by atoms with Crippen LogP contribution in [0.3, 0.4) is 0 Å². The topological polar surface area (TPSA) is 24.9 Å². The van der Waals surface area contributed by atoms with Crippen LogP contribution < -0.4 is 5.32 Å². The molecule has 2 nitrogen and oxygen atoms in total. The van der Waals surface area contributed by atoms with Crippen molar-refractivity contribution in [2.24, 2.45) is 0 Å². The first-order valence-electron chi connectivity index (χ1n) is 4.41. The molecule has 0 saturated carbocycles. The van der Waals surface area contributed by atoms with Crippen molar-refractivity contribution in [2.45, 2.75) is 20.3 Å². The monoisotopic (exact) mass is 178 g/mol. The first-order valence-corrected chi connectivity index (χ1v) is 4.41. The van der Waals surface area contributed by atoms with Crippen molar-refractivity contribution in [3.05, 3.63) is 36.7 Å². The number of hydrogen-bond acceptors (Lipinski definition) is 2. The first kappa shape index (κ1) is 11.7. The molecule has 2 heteroatoms. The maximum atomic E-state index is 4.22. The second-order valence-corrected chi connectivity index (χ2v) is 2.59. The minimum Gasteiger partial charge on any atom is -0.388 e. The largest absolute Gasteiger partial charge is 0.388 e. The fourth-order valence-corrected chi connectivity index (χ4v) is 1.10. The van der Waals surface area contributed by atoms with Gasteiger partial charge in [-0.2, -0.15) is 0 Å². The van der Waals surface area contributed by atoms with Crippen LogP contribution in [0.5, 0.6) is 0 Å². The van der Waals surface area contributed by atoms with E-state index in [1.807, 2.05) is 20.2 Å². The Labute approximate surface area is 80.7 Å². The quantitative estimate of drug-likeness (QED) is 0.704. The third-order valence-corrected chi connectivity index (χ3v) is 1.77. The van der Waals surface area contributed by atoms with Crippen LogP contribution in [0.4, 0.5) is 5.69 Å². The summed E-state index contributed by atoms with van der Waals surface area (Å²) in [7, 11) is 1.94. The second-order valence-electron chi connectivity index (χ2n) is 2.59. The van der Waals surface area contributed by atoms with E-state index in [4.69, 9.17) is 0 Å². The Bertz CT molecular complexity index is 256. The zero-order chi connectivity index (χ0) is 10.3. The fraction of sp³-hybridized carbons (Fsp3) is 0.364. The standard InChI is InChI=1S/C9H14N2.C2H4/c1-4-8-6-11-7(2)5-9(8)10-3;1-2/h5-6H,4H2,1-3H3,(H,10,11);1-2H2. The predicted octanol–water partition coefficient (Wildman–Crippen LogP) is 2.80. The Kier molecular flexibility index (Phi) is 5.60. The van der Waals surface area contributed by atoms with Gasteiger partial charge in [0.05, 0.1) is 0 Å². The molecule has 13 heavy (non-hydrogen) atoms. The summed E-state index contributed by atoms with van der Waals surface area (Å²) < 4.78 is 0. The normalized spacial score (nSPS) is 8.54. The number of aromatic nitrogens is 1. The zero-order valence-corrected chi connectivity index (χ0v) is 8.72. The molecule has 0 radical (unpaired) electrons. The Morgan fingerprint density at radius 1 is 1.46 bits per heavy atom. The minimum atomic E-state index is 1.03. The van der Waals surface area contributed by atoms with Crippen LogP contribution in [0.15, 0.2) is 25.4 Å². The van der Waals surface area contributed by atoms with Gasteiger partial charge < -0.3 is 5.32 Å². The second kappa shape index (κ2) is 6.23. The average molecular weight is 178 g/mol. The lowest BCUT2D eigenvalue weighted by Gasteiger charge is -2.06. The van der Waals surface area contributed by atoms with Gasteiger partial charge in [0, 0.05) is 24.6 Å². The van der Waals surface area contributed by atoms with Gasteiger partial charge in [-0.05, 0) is 25.0 Å². The Balaban J connectivity index is 0.000000671. The summed E-state index contributed by atoms with van der Waals surface area (Å²) in [6, 6.07) is 2.07. The van der Waals surface area contributed by atoms with E-state index in [2.05, 4.69) is 36.4 Å². The molecule has 0 unspecified atom stereocenters. The van der Waals surface area contributed by atoms with Crippen LogP contribution in [0, 0.1) is 6.92 Å². The molecule has 72 valence electrons. The maximum Gasteiger partial charge on any atom is 0.0403 e. The Morgan fingerprint density at radius 2 is 2.08 bits per heavy atom. The molecule has 0 aromatic carbocycles. The number of rotatable bonds is 2. The molecule has 0 bridgehead atoms. The molecule has 1 aromatic rings. The number of aryl methyl sites for hydroxylation is 2. The molecule has 0 aliphatic carbocycles. The van der Waals surface area contributed by atoms with E-state index >= 15 is 0 Å². The lowest BCUT2D eigenvalue weighted by Crippen LogP contribution is -1.96. The van der Waals surface area contributed by atoms with E-state index in [9.17, 15) is 0 Å². The minimum absolute atomic E-state index is 1.03. The molecule has 1 aromatic heterocycles. The van der Waals surface area contributed by atoms with Crippen LogP contribution in [-0.4, -0.2) is 12.0 Å². The lowest BCUT2D eigenvalue weighted by molar-refractivity contribution is 1.08. The summed E-state index contributed by atoms with van der Waals surface area (Å²) in [4.78, 5) is 4.22. The van der Waals surface area contributed by atoms with E-state index in [1.165, 1.54) is 11.3 Å². The third kappa shape index (κ3) is 3.28. The summed E-state index contributed by atoms with van der Waals surface area (Å²) in [5, 5.41) is 3.15. The summed E-state index contributed by atoms with van der Waals surface area (Å²) in [5.41, 5.74) is 3.53. The van der Waals surface area contributed by atoms with Crippen molar-refractivity contribution in [1.29, 1.82) is 0 Å². The van der Waals surface area contributed by atoms with Gasteiger partial charge in [-0.25, -0.2) is 0 Å². The van der Waals surface area contributed by atoms with Gasteiger partial charge in [0.1, 0.15) is 0 Å². The molecule has 0 atom stereocenters. The number of hydrogen-bond donors (Lipinski definition) is 1. The summed E-state index contributed by atoms with van der Waals surface area (Å²) >= 11 is 0. The van der Waals surface area contributed by atoms with E-state index in [1.54, 1.807) is 0 Å². The van der Waals surface area contributed by atoms with Crippen LogP contribution in [0.25, 0.3) is 0 Å². The third-order valence-electron chi connectivity index (χ3n) is 1.77. The van der Waals surface area contributed by atoms with Gasteiger partial charge in [0.25, 0.3) is 0 Å². The first-order chi connectivity index (χ1) is 6.27. The molecule has 1 rings (SSSR count). The molecule has 0 aliphatic heterocycles. The number of nitrogens with one attached hydrogen (secondary N) is 1. The van der Waals surface area contributed by atoms with Crippen LogP contribution in [-0.2, 0) is 6.42 Å². The van der Waals surface area contributed by atoms with E-state index in [0.717, 1.165) is 12.1 Å². The fourth-order valence-electron chi connectivity index (χ4n) is 1.10. The highest BCUT2D eigenvalue weighted by Gasteiger charge is 1.97. The van der Waals surface area contributed by atoms with Gasteiger partial charge >= 0.3 is 0 Å². The molecular formula is C11H18N2. The smallest absolute Gasteiger partial charge is 0.0403 e. The number of anilines is 1. The SMILES string of the molecule is C=C.CCc1cnc(C)cc1NC. The highest BCUT2D eigenvalue weighted by molar-refractivity contribution is 5.50. The lowest BCUT2D eigenvalue weighted by atomic mass is 10.1. The van der Waals surface area contributed by atoms with Gasteiger partial charge in [-0.15, -0.1) is 13.2 Å². The van der Waals surface area contributed by atoms with E-state index in [0.29, 0.717) is 0 Å². The molecule has 0 saturated heterocycles. The van der Waals surface area contributed by atoms with E-state index in [-0.39, 0.29) is 0 Å². The highest BCUT2D eigenvalue weighted by Crippen LogP contribution is 2.14. The van der Waals surface area contributed by atoms with Gasteiger partial charge in [0.15, 0.2) is 0 Å². The zero-order valence-electron chi connectivity index (χ0n) is 8.72. The highest BCUT2D eigenvalue weighted by atomic mass is 14.8. The Morgan fingerprint density at radius 3 is 2.54 bits per heavy atom. The maximum absolute atomic E-state index is 4.22. The van der Waals surface area contributed by atoms with Crippen molar-refractivity contribution < 1.29 is 0 Å². The van der Waals surface area contributed by atoms with Crippen LogP contribution in [0.2, 0.25) is 0 Å². The molecular weight excluding hydrogens is 160 g/mol. The Hall–Kier alpha value is -1.31. The molecule has 1 heterocycles. The van der Waals surface area contributed by atoms with Gasteiger partial charge in [-0.1, -0.05) is 6.92 Å². The van der Waals surface area contributed by atoms with Crippen molar-refractivity contribution in [2.75, 3.05) is 12.4 Å². The van der Waals surface area contributed by atoms with Crippen molar-refractivity contribution in [1.82, 2.24) is 4.98 Å². The predicted molar refractivity (Wildman–Crippen MR) is 59.2 cm³/mol. The van der Waals surface area contributed by atoms with Crippen LogP contribution >= 0.6 is 0 Å². The van der Waals surface area contributed by atoms with Gasteiger partial charge in [0.2, 0.25) is 0 Å². The van der Waals surface area contributed by atoms with Gasteiger partial charge in [-0.3, -0.25) is 4.98 Å². The van der Waals surface area contributed by atoms with Crippen molar-refractivity contribution >= 4 is 5.69 Å². The molecule has 0 aliphatic rings. The molecule has 1 N–H and O–H groups in total. The average Bonchev–Trinajstić information content (AvgIpc) is 2.20. The summed E-state index contributed by atoms with van der Waals surface area (Å²) in [6.45, 7) is 10.1. The molecule has 0 spiro atoms. The van der Waals surface area contributed by atoms with E-state index < -0.39 is 0 Å². The van der Waals surface area contributed by atoms with Crippen molar-refractivity contribution in [3.8, 4) is 0 Å². The van der Waals surface area contributed by atoms with Crippen LogP contribution in [0.1, 0.15) is 18.2 Å². The summed E-state index contributed by atoms with van der Waals surface area (Å²) in [5.74, 6) is 0.